The predicted molar refractivity (Wildman–Crippen MR) is 120 cm³/mol. The Kier molecular flexibility index (Phi) is 6.25. The van der Waals surface area contributed by atoms with Crippen molar-refractivity contribution < 1.29 is 9.59 Å². The fourth-order valence-corrected chi connectivity index (χ4v) is 4.53. The predicted octanol–water partition coefficient (Wildman–Crippen LogP) is 4.16. The van der Waals surface area contributed by atoms with Gasteiger partial charge in [0.1, 0.15) is 6.54 Å². The van der Waals surface area contributed by atoms with Crippen LogP contribution < -0.4 is 16.0 Å². The quantitative estimate of drug-likeness (QED) is 0.752. The molecule has 158 valence electrons. The van der Waals surface area contributed by atoms with Crippen LogP contribution in [-0.4, -0.2) is 42.4 Å². The molecule has 30 heavy (non-hydrogen) atoms. The molecule has 1 heterocycles. The molecule has 2 aromatic rings. The topological polar surface area (TPSA) is 78.7 Å². The number of amides is 2. The first-order valence-electron chi connectivity index (χ1n) is 10.6. The molecule has 0 atom stereocenters. The average Bonchev–Trinajstić information content (AvgIpc) is 2.87. The van der Waals surface area contributed by atoms with Crippen LogP contribution in [0.1, 0.15) is 42.5 Å². The summed E-state index contributed by atoms with van der Waals surface area (Å²) < 4.78 is 0. The van der Waals surface area contributed by atoms with Crippen molar-refractivity contribution in [2.24, 2.45) is 5.73 Å². The third-order valence-electron chi connectivity index (χ3n) is 5.86. The lowest BCUT2D eigenvalue weighted by atomic mass is 9.93. The van der Waals surface area contributed by atoms with Crippen LogP contribution in [0, 0.1) is 0 Å². The van der Waals surface area contributed by atoms with E-state index in [1.807, 2.05) is 24.3 Å². The molecule has 0 bridgehead atoms. The van der Waals surface area contributed by atoms with Crippen LogP contribution in [-0.2, 0) is 4.79 Å². The lowest BCUT2D eigenvalue weighted by Crippen LogP contribution is -2.44. The third-order valence-corrected chi connectivity index (χ3v) is 6.10. The second-order valence-corrected chi connectivity index (χ2v) is 8.31. The van der Waals surface area contributed by atoms with Crippen LogP contribution in [0.25, 0.3) is 0 Å². The van der Waals surface area contributed by atoms with Gasteiger partial charge in [0.2, 0.25) is 0 Å². The van der Waals surface area contributed by atoms with E-state index in [1.165, 1.54) is 6.42 Å². The number of anilines is 3. The zero-order chi connectivity index (χ0) is 21.1. The maximum Gasteiger partial charge on any atom is 0.256 e. The summed E-state index contributed by atoms with van der Waals surface area (Å²) in [6.07, 6.45) is 5.27. The summed E-state index contributed by atoms with van der Waals surface area (Å²) in [5, 5.41) is 3.71. The molecule has 0 unspecified atom stereocenters. The van der Waals surface area contributed by atoms with Crippen molar-refractivity contribution in [2.45, 2.75) is 38.1 Å². The summed E-state index contributed by atoms with van der Waals surface area (Å²) in [7, 11) is 0. The van der Waals surface area contributed by atoms with E-state index in [1.54, 1.807) is 28.0 Å². The Labute approximate surface area is 182 Å². The highest BCUT2D eigenvalue weighted by Crippen LogP contribution is 2.36. The fourth-order valence-electron chi connectivity index (χ4n) is 4.36. The smallest absolute Gasteiger partial charge is 0.256 e. The van der Waals surface area contributed by atoms with Crippen molar-refractivity contribution >= 4 is 40.5 Å². The van der Waals surface area contributed by atoms with E-state index in [0.717, 1.165) is 31.4 Å². The second-order valence-electron chi connectivity index (χ2n) is 7.88. The first kappa shape index (κ1) is 20.7. The normalized spacial score (nSPS) is 17.7. The number of carbonyl (C=O) groups excluding carboxylic acids is 2. The molecule has 4 rings (SSSR count). The number of nitrogens with one attached hydrogen (secondary N) is 1. The Morgan fingerprint density at radius 1 is 1.03 bits per heavy atom. The maximum absolute atomic E-state index is 13.4. The van der Waals surface area contributed by atoms with Gasteiger partial charge in [-0.1, -0.05) is 30.9 Å². The lowest BCUT2D eigenvalue weighted by Gasteiger charge is -2.33. The Bertz CT molecular complexity index is 925. The molecule has 1 aliphatic heterocycles. The summed E-state index contributed by atoms with van der Waals surface area (Å²) >= 11 is 6.26. The molecular weight excluding hydrogens is 400 g/mol. The van der Waals surface area contributed by atoms with Crippen molar-refractivity contribution in [2.75, 3.05) is 29.9 Å². The van der Waals surface area contributed by atoms with Gasteiger partial charge in [0.15, 0.2) is 0 Å². The average molecular weight is 427 g/mol. The minimum absolute atomic E-state index is 0.0724. The Balaban J connectivity index is 1.72. The van der Waals surface area contributed by atoms with Crippen LogP contribution in [0.15, 0.2) is 42.5 Å². The largest absolute Gasteiger partial charge is 0.384 e. The number of hydrogen-bond donors (Lipinski definition) is 2. The molecule has 1 saturated carbocycles. The number of nitrogens with zero attached hydrogens (tertiary/aromatic N) is 2. The molecule has 1 aliphatic carbocycles. The summed E-state index contributed by atoms with van der Waals surface area (Å²) in [6.45, 7) is 1.28. The zero-order valence-electron chi connectivity index (χ0n) is 16.9. The van der Waals surface area contributed by atoms with E-state index in [-0.39, 0.29) is 24.4 Å². The highest BCUT2D eigenvalue weighted by Gasteiger charge is 2.36. The van der Waals surface area contributed by atoms with Gasteiger partial charge < -0.3 is 16.0 Å². The number of rotatable bonds is 5. The van der Waals surface area contributed by atoms with Crippen LogP contribution in [0.3, 0.4) is 0 Å². The first-order valence-corrected chi connectivity index (χ1v) is 10.9. The monoisotopic (exact) mass is 426 g/mol. The number of carbonyl (C=O) groups is 2. The summed E-state index contributed by atoms with van der Waals surface area (Å²) in [6, 6.07) is 12.8. The number of fused-ring (bicyclic) bond motifs is 1. The van der Waals surface area contributed by atoms with Crippen LogP contribution in [0.4, 0.5) is 17.1 Å². The van der Waals surface area contributed by atoms with Gasteiger partial charge in [-0.2, -0.15) is 0 Å². The van der Waals surface area contributed by atoms with Gasteiger partial charge in [0.05, 0.1) is 11.3 Å². The molecule has 0 saturated heterocycles. The van der Waals surface area contributed by atoms with E-state index < -0.39 is 0 Å². The van der Waals surface area contributed by atoms with Gasteiger partial charge in [-0.25, -0.2) is 0 Å². The van der Waals surface area contributed by atoms with Gasteiger partial charge in [0.25, 0.3) is 11.8 Å². The fraction of sp³-hybridized carbons (Fsp3) is 0.391. The standard InChI is InChI=1S/C23H27ClN4O2/c24-16-6-11-20-21(14-16)28(19-9-7-17(8-10-19)26-13-12-25)22(29)15-27(23(20)30)18-4-2-1-3-5-18/h6-11,14,18,26H,1-5,12-13,15,25H2. The van der Waals surface area contributed by atoms with Crippen LogP contribution in [0.2, 0.25) is 5.02 Å². The van der Waals surface area contributed by atoms with E-state index in [0.29, 0.717) is 35.1 Å². The van der Waals surface area contributed by atoms with E-state index in [4.69, 9.17) is 17.3 Å². The van der Waals surface area contributed by atoms with Crippen molar-refractivity contribution in [3.63, 3.8) is 0 Å². The molecule has 7 heteroatoms. The number of benzene rings is 2. The summed E-state index contributed by atoms with van der Waals surface area (Å²) in [4.78, 5) is 30.2. The van der Waals surface area contributed by atoms with Gasteiger partial charge in [-0.15, -0.1) is 0 Å². The highest BCUT2D eigenvalue weighted by molar-refractivity contribution is 6.31. The molecular formula is C23H27ClN4O2. The number of hydrogen-bond acceptors (Lipinski definition) is 4. The molecule has 2 aliphatic rings. The highest BCUT2D eigenvalue weighted by atomic mass is 35.5. The zero-order valence-corrected chi connectivity index (χ0v) is 17.7. The van der Waals surface area contributed by atoms with Crippen molar-refractivity contribution in [1.82, 2.24) is 4.90 Å². The molecule has 6 nitrogen and oxygen atoms in total. The molecule has 0 spiro atoms. The van der Waals surface area contributed by atoms with E-state index >= 15 is 0 Å². The number of halogens is 1. The van der Waals surface area contributed by atoms with E-state index in [2.05, 4.69) is 5.32 Å². The Morgan fingerprint density at radius 3 is 2.47 bits per heavy atom. The Hall–Kier alpha value is -2.57. The lowest BCUT2D eigenvalue weighted by molar-refractivity contribution is -0.119. The molecule has 2 amide bonds. The van der Waals surface area contributed by atoms with Gasteiger partial charge in [-0.3, -0.25) is 14.5 Å². The van der Waals surface area contributed by atoms with Crippen molar-refractivity contribution in [3.05, 3.63) is 53.1 Å². The second kappa shape index (κ2) is 9.06. The van der Waals surface area contributed by atoms with Crippen molar-refractivity contribution in [1.29, 1.82) is 0 Å². The summed E-state index contributed by atoms with van der Waals surface area (Å²) in [5.74, 6) is -0.219. The minimum Gasteiger partial charge on any atom is -0.384 e. The SMILES string of the molecule is NCCNc1ccc(N2C(=O)CN(C3CCCCC3)C(=O)c3ccc(Cl)cc32)cc1. The molecule has 3 N–H and O–H groups in total. The third kappa shape index (κ3) is 4.16. The van der Waals surface area contributed by atoms with E-state index in [9.17, 15) is 9.59 Å². The number of nitrogens with two attached hydrogens (primary N) is 1. The molecule has 0 radical (unpaired) electrons. The molecule has 2 aromatic carbocycles. The van der Waals surface area contributed by atoms with Crippen molar-refractivity contribution in [3.8, 4) is 0 Å². The first-order chi connectivity index (χ1) is 14.6. The molecule has 0 aromatic heterocycles. The Morgan fingerprint density at radius 2 is 1.77 bits per heavy atom. The van der Waals surface area contributed by atoms with Gasteiger partial charge in [-0.05, 0) is 55.3 Å². The van der Waals surface area contributed by atoms with Gasteiger partial charge >= 0.3 is 0 Å². The van der Waals surface area contributed by atoms with Gasteiger partial charge in [0, 0.05) is 35.5 Å². The minimum atomic E-state index is -0.127. The summed E-state index contributed by atoms with van der Waals surface area (Å²) in [5.41, 5.74) is 8.24. The maximum atomic E-state index is 13.4. The molecule has 1 fully saturated rings. The van der Waals surface area contributed by atoms with Crippen LogP contribution >= 0.6 is 11.6 Å². The van der Waals surface area contributed by atoms with Crippen LogP contribution in [0.5, 0.6) is 0 Å².